The second-order valence-corrected chi connectivity index (χ2v) is 6.55. The molecule has 0 aliphatic heterocycles. The maximum absolute atomic E-state index is 13.0. The van der Waals surface area contributed by atoms with Gasteiger partial charge in [-0.25, -0.2) is 9.13 Å². The number of nitrogens with zero attached hydrogens (tertiary/aromatic N) is 2. The summed E-state index contributed by atoms with van der Waals surface area (Å²) in [6.45, 7) is -1.15. The number of rotatable bonds is 7. The van der Waals surface area contributed by atoms with Crippen molar-refractivity contribution in [1.82, 2.24) is 0 Å². The van der Waals surface area contributed by atoms with Gasteiger partial charge in [0.15, 0.2) is 37.9 Å². The van der Waals surface area contributed by atoms with Crippen molar-refractivity contribution in [2.45, 2.75) is 50.1 Å². The molecule has 0 saturated heterocycles. The zero-order chi connectivity index (χ0) is 22.8. The molecule has 0 unspecified atom stereocenters. The van der Waals surface area contributed by atoms with Gasteiger partial charge in [0, 0.05) is 24.3 Å². The number of hydrogen-bond donors (Lipinski definition) is 0. The highest BCUT2D eigenvalue weighted by atomic mass is 19.4. The van der Waals surface area contributed by atoms with Crippen molar-refractivity contribution >= 4 is 0 Å². The number of halogens is 10. The molecule has 0 amide bonds. The average Bonchev–Trinajstić information content (AvgIpc) is 2.64. The Balaban J connectivity index is 1.99. The summed E-state index contributed by atoms with van der Waals surface area (Å²) in [5.74, 6) is -9.62. The molecule has 0 saturated carbocycles. The maximum atomic E-state index is 13.0. The molecule has 166 valence electrons. The van der Waals surface area contributed by atoms with Crippen LogP contribution in [-0.2, 0) is 13.1 Å². The second kappa shape index (κ2) is 8.38. The van der Waals surface area contributed by atoms with E-state index in [9.17, 15) is 43.9 Å². The molecule has 2 nitrogen and oxygen atoms in total. The van der Waals surface area contributed by atoms with Crippen molar-refractivity contribution in [3.8, 4) is 11.1 Å². The van der Waals surface area contributed by atoms with Crippen LogP contribution in [0, 0.1) is 0 Å². The minimum absolute atomic E-state index is 0.543. The van der Waals surface area contributed by atoms with Crippen LogP contribution in [0.2, 0.25) is 0 Å². The Morgan fingerprint density at radius 1 is 0.500 bits per heavy atom. The van der Waals surface area contributed by atoms with Crippen molar-refractivity contribution in [3.05, 3.63) is 49.1 Å². The molecule has 0 aliphatic rings. The van der Waals surface area contributed by atoms with E-state index < -0.39 is 50.1 Å². The van der Waals surface area contributed by atoms with E-state index in [2.05, 4.69) is 0 Å². The SMILES string of the molecule is FC(F)(F)C(F)(F)CC[n+]1ccc(-c2cc[n+](CCC(F)(F)C(F)(F)F)cc2)cc1. The lowest BCUT2D eigenvalue weighted by Crippen LogP contribution is -2.42. The molecule has 0 aromatic carbocycles. The minimum atomic E-state index is -5.63. The second-order valence-electron chi connectivity index (χ2n) is 6.55. The fraction of sp³-hybridized carbons (Fsp3) is 0.444. The summed E-state index contributed by atoms with van der Waals surface area (Å²) < 4.78 is 127. The Morgan fingerprint density at radius 3 is 1.00 bits per heavy atom. The van der Waals surface area contributed by atoms with E-state index >= 15 is 0 Å². The van der Waals surface area contributed by atoms with E-state index in [1.807, 2.05) is 0 Å². The summed E-state index contributed by atoms with van der Waals surface area (Å²) >= 11 is 0. The predicted octanol–water partition coefficient (Wildman–Crippen LogP) is 5.10. The van der Waals surface area contributed by atoms with Crippen molar-refractivity contribution in [1.29, 1.82) is 0 Å². The fourth-order valence-corrected chi connectivity index (χ4v) is 2.42. The number of aryl methyl sites for hydroxylation is 2. The normalized spacial score (nSPS) is 13.5. The van der Waals surface area contributed by atoms with E-state index in [-0.39, 0.29) is 0 Å². The quantitative estimate of drug-likeness (QED) is 0.410. The van der Waals surface area contributed by atoms with E-state index in [0.29, 0.717) is 11.1 Å². The van der Waals surface area contributed by atoms with Crippen LogP contribution in [0.15, 0.2) is 49.1 Å². The molecule has 0 atom stereocenters. The highest BCUT2D eigenvalue weighted by Crippen LogP contribution is 2.38. The molecular weight excluding hydrogens is 434 g/mol. The summed E-state index contributed by atoms with van der Waals surface area (Å²) in [6, 6.07) is 5.79. The third kappa shape index (κ3) is 5.82. The molecule has 0 spiro atoms. The van der Waals surface area contributed by atoms with Gasteiger partial charge in [-0.15, -0.1) is 0 Å². The molecule has 0 aliphatic carbocycles. The zero-order valence-electron chi connectivity index (χ0n) is 15.1. The molecular formula is C18H16F10N2+2. The highest BCUT2D eigenvalue weighted by molar-refractivity contribution is 5.60. The monoisotopic (exact) mass is 450 g/mol. The Morgan fingerprint density at radius 2 is 0.767 bits per heavy atom. The number of alkyl halides is 10. The van der Waals surface area contributed by atoms with Gasteiger partial charge in [0.1, 0.15) is 0 Å². The minimum Gasteiger partial charge on any atom is -0.205 e. The molecule has 0 radical (unpaired) electrons. The third-order valence-electron chi connectivity index (χ3n) is 4.31. The van der Waals surface area contributed by atoms with Crippen LogP contribution in [-0.4, -0.2) is 24.2 Å². The third-order valence-corrected chi connectivity index (χ3v) is 4.31. The van der Waals surface area contributed by atoms with Crippen LogP contribution in [0.25, 0.3) is 11.1 Å². The van der Waals surface area contributed by atoms with Crippen LogP contribution in [0.5, 0.6) is 0 Å². The van der Waals surface area contributed by atoms with E-state index in [0.717, 1.165) is 9.13 Å². The van der Waals surface area contributed by atoms with Crippen LogP contribution >= 0.6 is 0 Å². The van der Waals surface area contributed by atoms with Gasteiger partial charge in [-0.1, -0.05) is 0 Å². The smallest absolute Gasteiger partial charge is 0.205 e. The first-order chi connectivity index (χ1) is 13.6. The largest absolute Gasteiger partial charge is 0.453 e. The van der Waals surface area contributed by atoms with Crippen LogP contribution in [0.1, 0.15) is 12.8 Å². The number of pyridine rings is 2. The number of aromatic nitrogens is 2. The molecule has 2 heterocycles. The Labute approximate surface area is 164 Å². The lowest BCUT2D eigenvalue weighted by Gasteiger charge is -2.17. The summed E-state index contributed by atoms with van der Waals surface area (Å²) in [7, 11) is 0. The van der Waals surface area contributed by atoms with E-state index in [4.69, 9.17) is 0 Å². The fourth-order valence-electron chi connectivity index (χ4n) is 2.42. The topological polar surface area (TPSA) is 7.76 Å². The van der Waals surface area contributed by atoms with Crippen LogP contribution < -0.4 is 9.13 Å². The van der Waals surface area contributed by atoms with Gasteiger partial charge >= 0.3 is 24.2 Å². The van der Waals surface area contributed by atoms with Crippen molar-refractivity contribution < 1.29 is 53.0 Å². The first-order valence-electron chi connectivity index (χ1n) is 8.50. The van der Waals surface area contributed by atoms with Gasteiger partial charge in [0.25, 0.3) is 0 Å². The van der Waals surface area contributed by atoms with Crippen LogP contribution in [0.3, 0.4) is 0 Å². The van der Waals surface area contributed by atoms with Gasteiger partial charge in [0.05, 0.1) is 12.8 Å². The molecule has 12 heteroatoms. The molecule has 2 aromatic rings. The molecule has 0 N–H and O–H groups in total. The standard InChI is InChI=1S/C18H16F10N2/c19-15(20,17(23,24)25)5-11-29-7-1-13(2-8-29)14-3-9-30(10-4-14)12-6-16(21,22)18(26,27)28/h1-4,7-10H,5-6,11-12H2/q+2. The molecule has 0 bridgehead atoms. The van der Waals surface area contributed by atoms with Gasteiger partial charge < -0.3 is 0 Å². The Bertz CT molecular complexity index is 753. The van der Waals surface area contributed by atoms with Crippen molar-refractivity contribution in [2.24, 2.45) is 0 Å². The van der Waals surface area contributed by atoms with Crippen molar-refractivity contribution in [2.75, 3.05) is 0 Å². The zero-order valence-corrected chi connectivity index (χ0v) is 15.1. The molecule has 2 aromatic heterocycles. The summed E-state index contributed by atoms with van der Waals surface area (Å²) in [5, 5.41) is 0. The lowest BCUT2D eigenvalue weighted by molar-refractivity contribution is -0.700. The van der Waals surface area contributed by atoms with Gasteiger partial charge in [-0.05, 0) is 11.1 Å². The lowest BCUT2D eigenvalue weighted by atomic mass is 10.1. The van der Waals surface area contributed by atoms with Crippen molar-refractivity contribution in [3.63, 3.8) is 0 Å². The van der Waals surface area contributed by atoms with Crippen LogP contribution in [0.4, 0.5) is 43.9 Å². The van der Waals surface area contributed by atoms with Gasteiger partial charge in [-0.2, -0.15) is 43.9 Å². The highest BCUT2D eigenvalue weighted by Gasteiger charge is 2.58. The predicted molar refractivity (Wildman–Crippen MR) is 83.5 cm³/mol. The first kappa shape index (κ1) is 23.9. The van der Waals surface area contributed by atoms with Gasteiger partial charge in [0.2, 0.25) is 0 Å². The summed E-state index contributed by atoms with van der Waals surface area (Å²) in [5.41, 5.74) is 1.09. The van der Waals surface area contributed by atoms with Gasteiger partial charge in [-0.3, -0.25) is 0 Å². The Kier molecular flexibility index (Phi) is 6.67. The molecule has 2 rings (SSSR count). The Hall–Kier alpha value is -2.40. The first-order valence-corrected chi connectivity index (χ1v) is 8.50. The number of hydrogen-bond acceptors (Lipinski definition) is 0. The van der Waals surface area contributed by atoms with E-state index in [1.54, 1.807) is 0 Å². The van der Waals surface area contributed by atoms with E-state index in [1.165, 1.54) is 49.1 Å². The summed E-state index contributed by atoms with van der Waals surface area (Å²) in [4.78, 5) is 0. The molecule has 0 fully saturated rings. The summed E-state index contributed by atoms with van der Waals surface area (Å²) in [6.07, 6.45) is -8.91. The average molecular weight is 450 g/mol. The maximum Gasteiger partial charge on any atom is 0.453 e. The molecule has 30 heavy (non-hydrogen) atoms.